The van der Waals surface area contributed by atoms with Gasteiger partial charge in [-0.1, -0.05) is 32.4 Å². The quantitative estimate of drug-likeness (QED) is 0.768. The summed E-state index contributed by atoms with van der Waals surface area (Å²) < 4.78 is 24.7. The van der Waals surface area contributed by atoms with Crippen molar-refractivity contribution in [3.63, 3.8) is 0 Å². The lowest BCUT2D eigenvalue weighted by Gasteiger charge is -2.29. The van der Waals surface area contributed by atoms with Crippen LogP contribution in [0.4, 0.5) is 0 Å². The van der Waals surface area contributed by atoms with Crippen LogP contribution in [0.25, 0.3) is 0 Å². The Bertz CT molecular complexity index is 667. The summed E-state index contributed by atoms with van der Waals surface area (Å²) in [6.07, 6.45) is 4.35. The second kappa shape index (κ2) is 9.34. The number of nitrogens with one attached hydrogen (secondary N) is 1. The number of sulfone groups is 1. The molecule has 1 aromatic carbocycles. The Morgan fingerprint density at radius 2 is 1.88 bits per heavy atom. The van der Waals surface area contributed by atoms with E-state index in [0.717, 1.165) is 19.6 Å². The van der Waals surface area contributed by atoms with Gasteiger partial charge in [0.1, 0.15) is 0 Å². The van der Waals surface area contributed by atoms with Gasteiger partial charge in [-0.3, -0.25) is 4.79 Å². The monoisotopic (exact) mass is 366 g/mol. The first kappa shape index (κ1) is 19.9. The molecular formula is C19H30N2O3S. The molecule has 0 saturated carbocycles. The van der Waals surface area contributed by atoms with Gasteiger partial charge < -0.3 is 10.2 Å². The average Bonchev–Trinajstić information content (AvgIpc) is 2.60. The van der Waals surface area contributed by atoms with Gasteiger partial charge in [-0.15, -0.1) is 0 Å². The predicted molar refractivity (Wildman–Crippen MR) is 101 cm³/mol. The van der Waals surface area contributed by atoms with Gasteiger partial charge in [-0.25, -0.2) is 8.42 Å². The topological polar surface area (TPSA) is 66.5 Å². The van der Waals surface area contributed by atoms with Gasteiger partial charge in [-0.2, -0.15) is 0 Å². The van der Waals surface area contributed by atoms with Crippen LogP contribution >= 0.6 is 0 Å². The molecule has 1 aliphatic heterocycles. The molecule has 1 aliphatic rings. The van der Waals surface area contributed by atoms with E-state index in [1.54, 1.807) is 18.2 Å². The maximum Gasteiger partial charge on any atom is 0.252 e. The molecule has 1 fully saturated rings. The molecule has 1 saturated heterocycles. The zero-order chi connectivity index (χ0) is 18.3. The van der Waals surface area contributed by atoms with E-state index in [1.807, 2.05) is 6.92 Å². The summed E-state index contributed by atoms with van der Waals surface area (Å²) >= 11 is 0. The van der Waals surface area contributed by atoms with E-state index in [0.29, 0.717) is 18.9 Å². The largest absolute Gasteiger partial charge is 0.352 e. The maximum atomic E-state index is 12.5. The number of hydrogen-bond donors (Lipinski definition) is 1. The Labute approximate surface area is 151 Å². The molecule has 2 rings (SSSR count). The van der Waals surface area contributed by atoms with Gasteiger partial charge in [0.15, 0.2) is 9.84 Å². The van der Waals surface area contributed by atoms with Crippen LogP contribution in [0.3, 0.4) is 0 Å². The Hall–Kier alpha value is -1.40. The van der Waals surface area contributed by atoms with Crippen molar-refractivity contribution in [2.24, 2.45) is 5.92 Å². The minimum atomic E-state index is -3.42. The van der Waals surface area contributed by atoms with Gasteiger partial charge in [0, 0.05) is 13.1 Å². The first-order chi connectivity index (χ1) is 11.9. The fraction of sp³-hybridized carbons (Fsp3) is 0.632. The van der Waals surface area contributed by atoms with E-state index in [4.69, 9.17) is 0 Å². The number of hydrogen-bond acceptors (Lipinski definition) is 4. The van der Waals surface area contributed by atoms with Crippen molar-refractivity contribution in [2.75, 3.05) is 31.9 Å². The van der Waals surface area contributed by atoms with Gasteiger partial charge in [0.25, 0.3) is 5.91 Å². The first-order valence-corrected chi connectivity index (χ1v) is 10.9. The summed E-state index contributed by atoms with van der Waals surface area (Å²) in [6, 6.07) is 6.49. The Balaban J connectivity index is 1.96. The summed E-state index contributed by atoms with van der Waals surface area (Å²) in [7, 11) is -3.42. The van der Waals surface area contributed by atoms with Gasteiger partial charge in [0.05, 0.1) is 16.2 Å². The third-order valence-corrected chi connectivity index (χ3v) is 6.54. The molecule has 1 unspecified atom stereocenters. The van der Waals surface area contributed by atoms with E-state index in [9.17, 15) is 13.2 Å². The molecule has 140 valence electrons. The van der Waals surface area contributed by atoms with Crippen molar-refractivity contribution in [1.82, 2.24) is 10.2 Å². The van der Waals surface area contributed by atoms with E-state index in [1.165, 1.54) is 25.3 Å². The van der Waals surface area contributed by atoms with E-state index in [2.05, 4.69) is 17.1 Å². The molecule has 0 aromatic heterocycles. The third kappa shape index (κ3) is 5.82. The second-order valence-corrected chi connectivity index (χ2v) is 9.07. The molecule has 25 heavy (non-hydrogen) atoms. The van der Waals surface area contributed by atoms with Crippen LogP contribution < -0.4 is 5.32 Å². The van der Waals surface area contributed by atoms with Crippen molar-refractivity contribution in [2.45, 2.75) is 44.4 Å². The molecule has 5 nitrogen and oxygen atoms in total. The van der Waals surface area contributed by atoms with Crippen LogP contribution in [0.15, 0.2) is 29.2 Å². The molecule has 0 radical (unpaired) electrons. The number of likely N-dealkylation sites (tertiary alicyclic amines) is 1. The highest BCUT2D eigenvalue weighted by Crippen LogP contribution is 2.18. The van der Waals surface area contributed by atoms with Crippen molar-refractivity contribution >= 4 is 15.7 Å². The fourth-order valence-electron chi connectivity index (χ4n) is 3.31. The highest BCUT2D eigenvalue weighted by Gasteiger charge is 2.22. The van der Waals surface area contributed by atoms with Gasteiger partial charge >= 0.3 is 0 Å². The summed E-state index contributed by atoms with van der Waals surface area (Å²) in [5, 5.41) is 2.91. The van der Waals surface area contributed by atoms with Crippen molar-refractivity contribution in [1.29, 1.82) is 0 Å². The minimum Gasteiger partial charge on any atom is -0.352 e. The maximum absolute atomic E-state index is 12.5. The lowest BCUT2D eigenvalue weighted by atomic mass is 10.1. The number of rotatable bonds is 8. The standard InChI is InChI=1S/C19H30N2O3S/c1-3-13-25(23,24)18-10-6-5-9-17(18)19(22)20-14-16(2)15-21-11-7-4-8-12-21/h5-6,9-10,16H,3-4,7-8,11-15H2,1-2H3,(H,20,22). The molecule has 1 amide bonds. The molecule has 1 atom stereocenters. The van der Waals surface area contributed by atoms with Crippen LogP contribution in [-0.4, -0.2) is 51.2 Å². The molecule has 1 N–H and O–H groups in total. The Morgan fingerprint density at radius 1 is 1.20 bits per heavy atom. The van der Waals surface area contributed by atoms with Crippen LogP contribution in [0.5, 0.6) is 0 Å². The van der Waals surface area contributed by atoms with Crippen LogP contribution in [-0.2, 0) is 9.84 Å². The van der Waals surface area contributed by atoms with Crippen LogP contribution in [0.2, 0.25) is 0 Å². The van der Waals surface area contributed by atoms with Crippen LogP contribution in [0.1, 0.15) is 49.9 Å². The lowest BCUT2D eigenvalue weighted by Crippen LogP contribution is -2.38. The minimum absolute atomic E-state index is 0.0582. The second-order valence-electron chi connectivity index (χ2n) is 6.99. The molecule has 0 bridgehead atoms. The predicted octanol–water partition coefficient (Wildman–Crippen LogP) is 2.72. The summed E-state index contributed by atoms with van der Waals surface area (Å²) in [4.78, 5) is 15.1. The van der Waals surface area contributed by atoms with Crippen molar-refractivity contribution < 1.29 is 13.2 Å². The summed E-state index contributed by atoms with van der Waals surface area (Å²) in [5.74, 6) is 0.0880. The average molecular weight is 367 g/mol. The number of benzene rings is 1. The number of amides is 1. The van der Waals surface area contributed by atoms with E-state index < -0.39 is 9.84 Å². The number of carbonyl (C=O) groups excluding carboxylic acids is 1. The lowest BCUT2D eigenvalue weighted by molar-refractivity contribution is 0.0939. The normalized spacial score (nSPS) is 17.2. The highest BCUT2D eigenvalue weighted by molar-refractivity contribution is 7.91. The fourth-order valence-corrected chi connectivity index (χ4v) is 4.85. The number of carbonyl (C=O) groups is 1. The number of nitrogens with zero attached hydrogens (tertiary/aromatic N) is 1. The molecule has 1 aromatic rings. The SMILES string of the molecule is CCCS(=O)(=O)c1ccccc1C(=O)NCC(C)CN1CCCCC1. The smallest absolute Gasteiger partial charge is 0.252 e. The summed E-state index contributed by atoms with van der Waals surface area (Å²) in [6.45, 7) is 7.73. The highest BCUT2D eigenvalue weighted by atomic mass is 32.2. The Kier molecular flexibility index (Phi) is 7.44. The number of piperidine rings is 1. The van der Waals surface area contributed by atoms with E-state index >= 15 is 0 Å². The van der Waals surface area contributed by atoms with Crippen molar-refractivity contribution in [3.8, 4) is 0 Å². The zero-order valence-electron chi connectivity index (χ0n) is 15.3. The van der Waals surface area contributed by atoms with Gasteiger partial charge in [0.2, 0.25) is 0 Å². The molecule has 1 heterocycles. The molecular weight excluding hydrogens is 336 g/mol. The molecule has 6 heteroatoms. The Morgan fingerprint density at radius 3 is 2.56 bits per heavy atom. The third-order valence-electron chi connectivity index (χ3n) is 4.57. The van der Waals surface area contributed by atoms with Crippen LogP contribution in [0, 0.1) is 5.92 Å². The van der Waals surface area contributed by atoms with Gasteiger partial charge in [-0.05, 0) is 50.4 Å². The zero-order valence-corrected chi connectivity index (χ0v) is 16.1. The first-order valence-electron chi connectivity index (χ1n) is 9.26. The molecule has 0 spiro atoms. The summed E-state index contributed by atoms with van der Waals surface area (Å²) in [5.41, 5.74) is 0.251. The molecule has 0 aliphatic carbocycles. The van der Waals surface area contributed by atoms with Crippen molar-refractivity contribution in [3.05, 3.63) is 29.8 Å². The van der Waals surface area contributed by atoms with E-state index in [-0.39, 0.29) is 22.1 Å².